The number of phenols is 2. The Hall–Kier alpha value is -2.82. The summed E-state index contributed by atoms with van der Waals surface area (Å²) in [6, 6.07) is 4.10. The first kappa shape index (κ1) is 17.0. The molecule has 0 saturated heterocycles. The van der Waals surface area contributed by atoms with Gasteiger partial charge >= 0.3 is 5.51 Å². The monoisotopic (exact) mass is 375 g/mol. The normalized spacial score (nSPS) is 15.1. The summed E-state index contributed by atoms with van der Waals surface area (Å²) in [6.45, 7) is 0. The third-order valence-electron chi connectivity index (χ3n) is 3.62. The fourth-order valence-corrected chi connectivity index (χ4v) is 3.29. The summed E-state index contributed by atoms with van der Waals surface area (Å²) in [5.74, 6) is -5.38. The van der Waals surface area contributed by atoms with E-state index in [1.807, 2.05) is 0 Å². The molecule has 0 atom stereocenters. The molecule has 2 N–H and O–H groups in total. The number of sulfone groups is 1. The summed E-state index contributed by atoms with van der Waals surface area (Å²) in [5, 5.41) is 19.4. The van der Waals surface area contributed by atoms with Gasteiger partial charge in [-0.2, -0.15) is 13.2 Å². The van der Waals surface area contributed by atoms with Crippen LogP contribution in [0.15, 0.2) is 24.3 Å². The molecular weight excluding hydrogens is 367 g/mol. The number of halogens is 3. The second kappa shape index (κ2) is 5.09. The molecule has 0 fully saturated rings. The molecule has 0 saturated carbocycles. The van der Waals surface area contributed by atoms with Gasteiger partial charge in [0.05, 0.1) is 11.1 Å². The molecule has 2 aromatic rings. The van der Waals surface area contributed by atoms with E-state index >= 15 is 0 Å². The number of phenolic OH excluding ortho intramolecular Hbond substituents is 2. The van der Waals surface area contributed by atoms with Crippen LogP contribution in [0.3, 0.4) is 0 Å². The van der Waals surface area contributed by atoms with Crippen molar-refractivity contribution in [2.24, 2.45) is 0 Å². The van der Waals surface area contributed by atoms with Gasteiger partial charge in [0.2, 0.25) is 0 Å². The highest BCUT2D eigenvalue weighted by atomic mass is 32.2. The molecule has 7 nitrogen and oxygen atoms in total. The molecule has 0 unspecified atom stereocenters. The lowest BCUT2D eigenvalue weighted by Crippen LogP contribution is -2.46. The van der Waals surface area contributed by atoms with Crippen LogP contribution in [0.25, 0.3) is 10.8 Å². The number of alkyl halides is 3. The number of amides is 2. The smallest absolute Gasteiger partial charge is 0.499 e. The number of carbonyl (C=O) groups is 2. The molecular formula is C14H8F3NO6S. The van der Waals surface area contributed by atoms with Crippen LogP contribution < -0.4 is 0 Å². The third-order valence-corrected chi connectivity index (χ3v) is 4.92. The number of benzene rings is 2. The lowest BCUT2D eigenvalue weighted by atomic mass is 9.93. The quantitative estimate of drug-likeness (QED) is 0.774. The van der Waals surface area contributed by atoms with Gasteiger partial charge in [-0.15, -0.1) is 0 Å². The number of carbonyl (C=O) groups excluding carboxylic acids is 2. The van der Waals surface area contributed by atoms with Gasteiger partial charge in [-0.3, -0.25) is 14.5 Å². The minimum atomic E-state index is -5.80. The van der Waals surface area contributed by atoms with E-state index in [1.54, 1.807) is 0 Å². The third kappa shape index (κ3) is 2.56. The van der Waals surface area contributed by atoms with Crippen molar-refractivity contribution in [1.29, 1.82) is 0 Å². The van der Waals surface area contributed by atoms with Crippen LogP contribution in [0.2, 0.25) is 0 Å². The molecule has 25 heavy (non-hydrogen) atoms. The number of aromatic hydroxyl groups is 2. The van der Waals surface area contributed by atoms with E-state index in [4.69, 9.17) is 0 Å². The van der Waals surface area contributed by atoms with Crippen molar-refractivity contribution in [3.63, 3.8) is 0 Å². The predicted molar refractivity (Wildman–Crippen MR) is 77.6 cm³/mol. The molecule has 1 heterocycles. The zero-order valence-corrected chi connectivity index (χ0v) is 12.8. The van der Waals surface area contributed by atoms with Crippen molar-refractivity contribution in [3.05, 3.63) is 35.4 Å². The van der Waals surface area contributed by atoms with Crippen LogP contribution in [0.4, 0.5) is 13.2 Å². The van der Waals surface area contributed by atoms with Crippen molar-refractivity contribution in [2.45, 2.75) is 5.51 Å². The topological polar surface area (TPSA) is 112 Å². The largest absolute Gasteiger partial charge is 0.508 e. The van der Waals surface area contributed by atoms with Gasteiger partial charge in [0.15, 0.2) is 0 Å². The average Bonchev–Trinajstić information content (AvgIpc) is 2.46. The van der Waals surface area contributed by atoms with E-state index < -0.39 is 44.5 Å². The van der Waals surface area contributed by atoms with Crippen LogP contribution in [0, 0.1) is 0 Å². The molecule has 1 aliphatic rings. The van der Waals surface area contributed by atoms with Crippen molar-refractivity contribution >= 4 is 32.4 Å². The molecule has 0 aliphatic carbocycles. The summed E-state index contributed by atoms with van der Waals surface area (Å²) in [5.41, 5.74) is -6.34. The molecule has 0 bridgehead atoms. The van der Waals surface area contributed by atoms with Crippen molar-refractivity contribution in [3.8, 4) is 11.5 Å². The second-order valence-corrected chi connectivity index (χ2v) is 7.26. The lowest BCUT2D eigenvalue weighted by Gasteiger charge is -2.27. The van der Waals surface area contributed by atoms with Crippen molar-refractivity contribution in [2.75, 3.05) is 5.88 Å². The average molecular weight is 375 g/mol. The minimum absolute atomic E-state index is 0.00579. The Balaban J connectivity index is 2.22. The Kier molecular flexibility index (Phi) is 3.46. The van der Waals surface area contributed by atoms with E-state index in [-0.39, 0.29) is 26.8 Å². The Labute approximate surface area is 137 Å². The van der Waals surface area contributed by atoms with E-state index in [1.165, 1.54) is 0 Å². The molecule has 0 spiro atoms. The Morgan fingerprint density at radius 1 is 0.920 bits per heavy atom. The molecule has 2 amide bonds. The van der Waals surface area contributed by atoms with Gasteiger partial charge in [0, 0.05) is 5.39 Å². The van der Waals surface area contributed by atoms with Crippen LogP contribution in [-0.4, -0.2) is 46.7 Å². The van der Waals surface area contributed by atoms with Gasteiger partial charge in [-0.05, 0) is 29.7 Å². The fourth-order valence-electron chi connectivity index (χ4n) is 2.56. The zero-order chi connectivity index (χ0) is 18.7. The van der Waals surface area contributed by atoms with Crippen LogP contribution in [-0.2, 0) is 9.84 Å². The predicted octanol–water partition coefficient (Wildman–Crippen LogP) is 1.74. The number of imide groups is 1. The van der Waals surface area contributed by atoms with E-state index in [2.05, 4.69) is 0 Å². The Morgan fingerprint density at radius 3 is 1.76 bits per heavy atom. The summed E-state index contributed by atoms with van der Waals surface area (Å²) in [6.07, 6.45) is 0. The van der Waals surface area contributed by atoms with E-state index in [0.717, 1.165) is 24.3 Å². The van der Waals surface area contributed by atoms with E-state index in [9.17, 15) is 41.4 Å². The lowest BCUT2D eigenvalue weighted by molar-refractivity contribution is -0.0442. The first-order valence-corrected chi connectivity index (χ1v) is 8.22. The number of nitrogens with zero attached hydrogens (tertiary/aromatic N) is 1. The maximum atomic E-state index is 12.6. The summed E-state index contributed by atoms with van der Waals surface area (Å²) in [7, 11) is -5.80. The van der Waals surface area contributed by atoms with Gasteiger partial charge < -0.3 is 10.2 Å². The highest BCUT2D eigenvalue weighted by molar-refractivity contribution is 7.92. The standard InChI is InChI=1S/C14H8F3NO6S/c15-14(16,17)25(23,24)5-18-12(21)9-3-7(19)1-6-2-8(20)4-10(11(6)9)13(18)22/h1-4,19-20H,5H2. The second-order valence-electron chi connectivity index (χ2n) is 5.31. The summed E-state index contributed by atoms with van der Waals surface area (Å²) < 4.78 is 60.4. The highest BCUT2D eigenvalue weighted by Gasteiger charge is 2.49. The number of hydrogen-bond acceptors (Lipinski definition) is 6. The SMILES string of the molecule is O=C1c2cc(O)cc3cc(O)cc(c23)C(=O)N1CS(=O)(=O)C(F)(F)F. The van der Waals surface area contributed by atoms with Gasteiger partial charge in [-0.1, -0.05) is 0 Å². The maximum absolute atomic E-state index is 12.6. The maximum Gasteiger partial charge on any atom is 0.499 e. The van der Waals surface area contributed by atoms with Crippen LogP contribution >= 0.6 is 0 Å². The molecule has 3 rings (SSSR count). The Bertz CT molecular complexity index is 988. The van der Waals surface area contributed by atoms with Gasteiger partial charge in [0.1, 0.15) is 17.4 Å². The molecule has 0 radical (unpaired) electrons. The van der Waals surface area contributed by atoms with Gasteiger partial charge in [0.25, 0.3) is 21.7 Å². The number of hydrogen-bond donors (Lipinski definition) is 2. The molecule has 132 valence electrons. The summed E-state index contributed by atoms with van der Waals surface area (Å²) >= 11 is 0. The van der Waals surface area contributed by atoms with Crippen LogP contribution in [0.5, 0.6) is 11.5 Å². The molecule has 1 aliphatic heterocycles. The number of rotatable bonds is 2. The highest BCUT2D eigenvalue weighted by Crippen LogP contribution is 2.36. The van der Waals surface area contributed by atoms with Crippen molar-refractivity contribution < 1.29 is 41.4 Å². The minimum Gasteiger partial charge on any atom is -0.508 e. The summed E-state index contributed by atoms with van der Waals surface area (Å²) in [4.78, 5) is 24.6. The van der Waals surface area contributed by atoms with Gasteiger partial charge in [-0.25, -0.2) is 8.42 Å². The Morgan fingerprint density at radius 2 is 1.36 bits per heavy atom. The van der Waals surface area contributed by atoms with Crippen LogP contribution in [0.1, 0.15) is 20.7 Å². The first-order chi connectivity index (χ1) is 11.4. The fraction of sp³-hybridized carbons (Fsp3) is 0.143. The molecule has 11 heteroatoms. The zero-order valence-electron chi connectivity index (χ0n) is 12.0. The van der Waals surface area contributed by atoms with Crippen molar-refractivity contribution in [1.82, 2.24) is 4.90 Å². The first-order valence-electron chi connectivity index (χ1n) is 6.57. The van der Waals surface area contributed by atoms with E-state index in [0.29, 0.717) is 0 Å². The molecule has 0 aromatic heterocycles. The molecule has 2 aromatic carbocycles.